The number of ether oxygens (including phenoxy) is 1. The molecule has 2 N–H and O–H groups in total. The van der Waals surface area contributed by atoms with E-state index in [0.29, 0.717) is 5.92 Å². The average Bonchev–Trinajstić information content (AvgIpc) is 2.47. The van der Waals surface area contributed by atoms with Gasteiger partial charge >= 0.3 is 0 Å². The Morgan fingerprint density at radius 3 is 2.63 bits per heavy atom. The van der Waals surface area contributed by atoms with Crippen molar-refractivity contribution in [1.29, 1.82) is 0 Å². The van der Waals surface area contributed by atoms with E-state index in [-0.39, 0.29) is 0 Å². The molecule has 0 aliphatic carbocycles. The third-order valence-electron chi connectivity index (χ3n) is 3.47. The van der Waals surface area contributed by atoms with Crippen LogP contribution in [0.2, 0.25) is 0 Å². The van der Waals surface area contributed by atoms with Crippen molar-refractivity contribution in [1.82, 2.24) is 0 Å². The summed E-state index contributed by atoms with van der Waals surface area (Å²) in [6.45, 7) is 2.94. The van der Waals surface area contributed by atoms with E-state index in [9.17, 15) is 0 Å². The zero-order chi connectivity index (χ0) is 13.7. The Hall–Kier alpha value is -1.80. The summed E-state index contributed by atoms with van der Waals surface area (Å²) in [6.07, 6.45) is 1.01. The molecule has 0 saturated carbocycles. The lowest BCUT2D eigenvalue weighted by Gasteiger charge is -2.13. The van der Waals surface area contributed by atoms with E-state index in [1.807, 2.05) is 18.2 Å². The monoisotopic (exact) mass is 255 g/mol. The first-order chi connectivity index (χ1) is 9.26. The maximum atomic E-state index is 5.64. The lowest BCUT2D eigenvalue weighted by molar-refractivity contribution is 0.416. The van der Waals surface area contributed by atoms with Crippen molar-refractivity contribution in [2.45, 2.75) is 19.3 Å². The van der Waals surface area contributed by atoms with Gasteiger partial charge in [0.25, 0.3) is 0 Å². The molecule has 1 unspecified atom stereocenters. The van der Waals surface area contributed by atoms with Crippen molar-refractivity contribution in [3.8, 4) is 16.9 Å². The number of methoxy groups -OCH3 is 1. The number of benzene rings is 2. The quantitative estimate of drug-likeness (QED) is 0.881. The fourth-order valence-corrected chi connectivity index (χ4v) is 2.31. The van der Waals surface area contributed by atoms with Crippen LogP contribution in [-0.4, -0.2) is 13.7 Å². The molecule has 0 amide bonds. The molecule has 0 heterocycles. The summed E-state index contributed by atoms with van der Waals surface area (Å²) in [4.78, 5) is 0. The lowest BCUT2D eigenvalue weighted by Crippen LogP contribution is -2.04. The van der Waals surface area contributed by atoms with Gasteiger partial charge in [0, 0.05) is 5.56 Å². The summed E-state index contributed by atoms with van der Waals surface area (Å²) in [5.41, 5.74) is 9.29. The molecule has 100 valence electrons. The van der Waals surface area contributed by atoms with Gasteiger partial charge in [-0.15, -0.1) is 0 Å². The average molecular weight is 255 g/mol. The highest BCUT2D eigenvalue weighted by Gasteiger charge is 2.08. The Bertz CT molecular complexity index is 536. The minimum Gasteiger partial charge on any atom is -0.496 e. The van der Waals surface area contributed by atoms with Crippen LogP contribution in [0.1, 0.15) is 24.8 Å². The molecule has 0 saturated heterocycles. The summed E-state index contributed by atoms with van der Waals surface area (Å²) >= 11 is 0. The van der Waals surface area contributed by atoms with Crippen molar-refractivity contribution in [2.24, 2.45) is 5.73 Å². The van der Waals surface area contributed by atoms with Crippen LogP contribution in [0.5, 0.6) is 5.75 Å². The molecule has 0 bridgehead atoms. The SMILES string of the molecule is COc1ccccc1-c1cccc(C(C)CCN)c1. The summed E-state index contributed by atoms with van der Waals surface area (Å²) in [7, 11) is 1.71. The van der Waals surface area contributed by atoms with Gasteiger partial charge in [-0.3, -0.25) is 0 Å². The Labute approximate surface area is 115 Å². The van der Waals surface area contributed by atoms with Gasteiger partial charge in [0.2, 0.25) is 0 Å². The number of rotatable bonds is 5. The van der Waals surface area contributed by atoms with Crippen LogP contribution >= 0.6 is 0 Å². The van der Waals surface area contributed by atoms with Crippen molar-refractivity contribution >= 4 is 0 Å². The fourth-order valence-electron chi connectivity index (χ4n) is 2.31. The molecule has 2 aromatic rings. The molecule has 0 spiro atoms. The first-order valence-corrected chi connectivity index (χ1v) is 6.69. The second kappa shape index (κ2) is 6.39. The maximum absolute atomic E-state index is 5.64. The summed E-state index contributed by atoms with van der Waals surface area (Å²) in [5, 5.41) is 0. The van der Waals surface area contributed by atoms with E-state index in [0.717, 1.165) is 24.3 Å². The summed E-state index contributed by atoms with van der Waals surface area (Å²) in [6, 6.07) is 16.7. The highest BCUT2D eigenvalue weighted by Crippen LogP contribution is 2.31. The smallest absolute Gasteiger partial charge is 0.126 e. The van der Waals surface area contributed by atoms with Crippen LogP contribution in [0.4, 0.5) is 0 Å². The zero-order valence-corrected chi connectivity index (χ0v) is 11.6. The normalized spacial score (nSPS) is 12.2. The van der Waals surface area contributed by atoms with Crippen LogP contribution in [0.25, 0.3) is 11.1 Å². The Kier molecular flexibility index (Phi) is 4.58. The molecular formula is C17H21NO. The molecule has 0 aromatic heterocycles. The second-order valence-electron chi connectivity index (χ2n) is 4.80. The van der Waals surface area contributed by atoms with Crippen LogP contribution in [0.3, 0.4) is 0 Å². The van der Waals surface area contributed by atoms with Crippen molar-refractivity contribution < 1.29 is 4.74 Å². The predicted molar refractivity (Wildman–Crippen MR) is 80.5 cm³/mol. The molecule has 2 nitrogen and oxygen atoms in total. The van der Waals surface area contributed by atoms with Crippen LogP contribution in [-0.2, 0) is 0 Å². The molecule has 1 atom stereocenters. The zero-order valence-electron chi connectivity index (χ0n) is 11.6. The van der Waals surface area contributed by atoms with Gasteiger partial charge in [0.15, 0.2) is 0 Å². The fraction of sp³-hybridized carbons (Fsp3) is 0.294. The molecule has 0 aliphatic rings. The minimum atomic E-state index is 0.486. The molecular weight excluding hydrogens is 234 g/mol. The van der Waals surface area contributed by atoms with Gasteiger partial charge in [-0.05, 0) is 36.1 Å². The number of para-hydroxylation sites is 1. The van der Waals surface area contributed by atoms with E-state index in [4.69, 9.17) is 10.5 Å². The summed E-state index contributed by atoms with van der Waals surface area (Å²) < 4.78 is 5.43. The highest BCUT2D eigenvalue weighted by atomic mass is 16.5. The van der Waals surface area contributed by atoms with Crippen molar-refractivity contribution in [3.05, 3.63) is 54.1 Å². The Morgan fingerprint density at radius 1 is 1.11 bits per heavy atom. The first-order valence-electron chi connectivity index (χ1n) is 6.69. The molecule has 0 fully saturated rings. The minimum absolute atomic E-state index is 0.486. The van der Waals surface area contributed by atoms with Gasteiger partial charge < -0.3 is 10.5 Å². The number of hydrogen-bond acceptors (Lipinski definition) is 2. The van der Waals surface area contributed by atoms with E-state index >= 15 is 0 Å². The number of nitrogens with two attached hydrogens (primary N) is 1. The second-order valence-corrected chi connectivity index (χ2v) is 4.80. The van der Waals surface area contributed by atoms with E-state index in [2.05, 4.69) is 37.3 Å². The van der Waals surface area contributed by atoms with E-state index in [1.54, 1.807) is 7.11 Å². The Morgan fingerprint density at radius 2 is 1.89 bits per heavy atom. The molecule has 2 aromatic carbocycles. The number of hydrogen-bond donors (Lipinski definition) is 1. The van der Waals surface area contributed by atoms with Crippen LogP contribution < -0.4 is 10.5 Å². The predicted octanol–water partition coefficient (Wildman–Crippen LogP) is 3.81. The first kappa shape index (κ1) is 13.6. The maximum Gasteiger partial charge on any atom is 0.126 e. The molecule has 19 heavy (non-hydrogen) atoms. The highest BCUT2D eigenvalue weighted by molar-refractivity contribution is 5.71. The van der Waals surface area contributed by atoms with E-state index in [1.165, 1.54) is 11.1 Å². The largest absolute Gasteiger partial charge is 0.496 e. The molecule has 2 rings (SSSR count). The molecule has 0 radical (unpaired) electrons. The van der Waals surface area contributed by atoms with Crippen LogP contribution in [0, 0.1) is 0 Å². The van der Waals surface area contributed by atoms with Gasteiger partial charge in [-0.2, -0.15) is 0 Å². The Balaban J connectivity index is 2.37. The molecule has 2 heteroatoms. The van der Waals surface area contributed by atoms with E-state index < -0.39 is 0 Å². The summed E-state index contributed by atoms with van der Waals surface area (Å²) in [5.74, 6) is 1.39. The third-order valence-corrected chi connectivity index (χ3v) is 3.47. The van der Waals surface area contributed by atoms with Crippen molar-refractivity contribution in [3.63, 3.8) is 0 Å². The van der Waals surface area contributed by atoms with Gasteiger partial charge in [-0.1, -0.05) is 49.4 Å². The molecule has 0 aliphatic heterocycles. The standard InChI is InChI=1S/C17H21NO/c1-13(10-11-18)14-6-5-7-15(12-14)16-8-3-4-9-17(16)19-2/h3-9,12-13H,10-11,18H2,1-2H3. The topological polar surface area (TPSA) is 35.2 Å². The van der Waals surface area contributed by atoms with Crippen molar-refractivity contribution in [2.75, 3.05) is 13.7 Å². The third kappa shape index (κ3) is 3.15. The van der Waals surface area contributed by atoms with Gasteiger partial charge in [-0.25, -0.2) is 0 Å². The van der Waals surface area contributed by atoms with Gasteiger partial charge in [0.05, 0.1) is 7.11 Å². The van der Waals surface area contributed by atoms with Crippen LogP contribution in [0.15, 0.2) is 48.5 Å². The lowest BCUT2D eigenvalue weighted by atomic mass is 9.94. The van der Waals surface area contributed by atoms with Gasteiger partial charge in [0.1, 0.15) is 5.75 Å².